The Bertz CT molecular complexity index is 437. The Balaban J connectivity index is 2.10. The highest BCUT2D eigenvalue weighted by atomic mass is 16.2. The standard InChI is InChI=1S/C14H21N3O/c1-3-16-6-8-17(9-7-16)14(18)12-10-11(2)4-5-13(12)15/h4-5,10H,3,6-9,15H2,1-2H3. The van der Waals surface area contributed by atoms with Crippen LogP contribution in [-0.4, -0.2) is 48.4 Å². The van der Waals surface area contributed by atoms with E-state index in [0.717, 1.165) is 38.3 Å². The molecule has 0 aromatic heterocycles. The number of nitrogen functional groups attached to an aromatic ring is 1. The smallest absolute Gasteiger partial charge is 0.256 e. The average molecular weight is 247 g/mol. The predicted octanol–water partition coefficient (Wildman–Crippen LogP) is 1.35. The number of hydrogen-bond donors (Lipinski definition) is 1. The Morgan fingerprint density at radius 1 is 1.28 bits per heavy atom. The van der Waals surface area contributed by atoms with Gasteiger partial charge in [0.25, 0.3) is 5.91 Å². The molecule has 0 unspecified atom stereocenters. The van der Waals surface area contributed by atoms with E-state index in [-0.39, 0.29) is 5.91 Å². The average Bonchev–Trinajstić information content (AvgIpc) is 2.41. The molecule has 1 heterocycles. The van der Waals surface area contributed by atoms with Crippen molar-refractivity contribution in [2.75, 3.05) is 38.5 Å². The summed E-state index contributed by atoms with van der Waals surface area (Å²) in [6.45, 7) is 8.66. The van der Waals surface area contributed by atoms with E-state index in [4.69, 9.17) is 5.73 Å². The number of piperazine rings is 1. The highest BCUT2D eigenvalue weighted by molar-refractivity contribution is 5.99. The van der Waals surface area contributed by atoms with Crippen LogP contribution in [0, 0.1) is 6.92 Å². The Morgan fingerprint density at radius 2 is 1.94 bits per heavy atom. The maximum absolute atomic E-state index is 12.4. The van der Waals surface area contributed by atoms with Gasteiger partial charge in [0, 0.05) is 31.9 Å². The molecule has 1 saturated heterocycles. The lowest BCUT2D eigenvalue weighted by Gasteiger charge is -2.34. The Hall–Kier alpha value is -1.55. The fraction of sp³-hybridized carbons (Fsp3) is 0.500. The summed E-state index contributed by atoms with van der Waals surface area (Å²) in [6, 6.07) is 5.62. The molecule has 0 saturated carbocycles. The number of hydrogen-bond acceptors (Lipinski definition) is 3. The zero-order valence-corrected chi connectivity index (χ0v) is 11.1. The van der Waals surface area contributed by atoms with Crippen molar-refractivity contribution in [2.45, 2.75) is 13.8 Å². The van der Waals surface area contributed by atoms with Crippen molar-refractivity contribution >= 4 is 11.6 Å². The topological polar surface area (TPSA) is 49.6 Å². The molecular weight excluding hydrogens is 226 g/mol. The van der Waals surface area contributed by atoms with Gasteiger partial charge in [0.2, 0.25) is 0 Å². The van der Waals surface area contributed by atoms with E-state index in [1.165, 1.54) is 0 Å². The van der Waals surface area contributed by atoms with E-state index in [2.05, 4.69) is 11.8 Å². The fourth-order valence-corrected chi connectivity index (χ4v) is 2.29. The van der Waals surface area contributed by atoms with Crippen LogP contribution < -0.4 is 5.73 Å². The third kappa shape index (κ3) is 2.64. The number of nitrogens with zero attached hydrogens (tertiary/aromatic N) is 2. The highest BCUT2D eigenvalue weighted by Gasteiger charge is 2.22. The summed E-state index contributed by atoms with van der Waals surface area (Å²) in [5, 5.41) is 0. The second-order valence-corrected chi connectivity index (χ2v) is 4.82. The van der Waals surface area contributed by atoms with Gasteiger partial charge in [0.15, 0.2) is 0 Å². The normalized spacial score (nSPS) is 16.9. The SMILES string of the molecule is CCN1CCN(C(=O)c2cc(C)ccc2N)CC1. The molecule has 1 fully saturated rings. The van der Waals surface area contributed by atoms with Crippen molar-refractivity contribution in [1.29, 1.82) is 0 Å². The summed E-state index contributed by atoms with van der Waals surface area (Å²) in [5.74, 6) is 0.0620. The summed E-state index contributed by atoms with van der Waals surface area (Å²) in [7, 11) is 0. The zero-order chi connectivity index (χ0) is 13.1. The number of anilines is 1. The minimum atomic E-state index is 0.0620. The molecule has 0 atom stereocenters. The number of amides is 1. The number of aryl methyl sites for hydroxylation is 1. The van der Waals surface area contributed by atoms with Crippen molar-refractivity contribution in [3.63, 3.8) is 0 Å². The number of benzene rings is 1. The van der Waals surface area contributed by atoms with Gasteiger partial charge in [0.1, 0.15) is 0 Å². The summed E-state index contributed by atoms with van der Waals surface area (Å²) < 4.78 is 0. The lowest BCUT2D eigenvalue weighted by molar-refractivity contribution is 0.0644. The van der Waals surface area contributed by atoms with Crippen molar-refractivity contribution in [3.05, 3.63) is 29.3 Å². The van der Waals surface area contributed by atoms with Crippen LogP contribution >= 0.6 is 0 Å². The van der Waals surface area contributed by atoms with E-state index < -0.39 is 0 Å². The Morgan fingerprint density at radius 3 is 2.56 bits per heavy atom. The molecule has 0 aliphatic carbocycles. The Kier molecular flexibility index (Phi) is 3.87. The maximum Gasteiger partial charge on any atom is 0.256 e. The first-order valence-electron chi connectivity index (χ1n) is 6.49. The zero-order valence-electron chi connectivity index (χ0n) is 11.1. The van der Waals surface area contributed by atoms with Crippen molar-refractivity contribution in [1.82, 2.24) is 9.80 Å². The second kappa shape index (κ2) is 5.40. The highest BCUT2D eigenvalue weighted by Crippen LogP contribution is 2.17. The van der Waals surface area contributed by atoms with Gasteiger partial charge in [-0.1, -0.05) is 18.6 Å². The predicted molar refractivity (Wildman–Crippen MR) is 73.6 cm³/mol. The van der Waals surface area contributed by atoms with Gasteiger partial charge >= 0.3 is 0 Å². The van der Waals surface area contributed by atoms with Gasteiger partial charge in [-0.25, -0.2) is 0 Å². The number of likely N-dealkylation sites (N-methyl/N-ethyl adjacent to an activating group) is 1. The summed E-state index contributed by atoms with van der Waals surface area (Å²) in [4.78, 5) is 16.6. The first-order chi connectivity index (χ1) is 8.61. The minimum absolute atomic E-state index is 0.0620. The van der Waals surface area contributed by atoms with Crippen LogP contribution in [0.5, 0.6) is 0 Å². The van der Waals surface area contributed by atoms with Crippen LogP contribution in [0.15, 0.2) is 18.2 Å². The van der Waals surface area contributed by atoms with Gasteiger partial charge in [0.05, 0.1) is 5.56 Å². The molecule has 18 heavy (non-hydrogen) atoms. The van der Waals surface area contributed by atoms with Crippen LogP contribution in [0.4, 0.5) is 5.69 Å². The van der Waals surface area contributed by atoms with E-state index >= 15 is 0 Å². The quantitative estimate of drug-likeness (QED) is 0.803. The Labute approximate surface area is 108 Å². The van der Waals surface area contributed by atoms with Gasteiger partial charge < -0.3 is 15.5 Å². The lowest BCUT2D eigenvalue weighted by atomic mass is 10.1. The van der Waals surface area contributed by atoms with Gasteiger partial charge in [-0.3, -0.25) is 4.79 Å². The first-order valence-corrected chi connectivity index (χ1v) is 6.49. The summed E-state index contributed by atoms with van der Waals surface area (Å²) in [5.41, 5.74) is 8.17. The molecule has 0 bridgehead atoms. The van der Waals surface area contributed by atoms with E-state index in [1.807, 2.05) is 30.0 Å². The van der Waals surface area contributed by atoms with E-state index in [1.54, 1.807) is 0 Å². The van der Waals surface area contributed by atoms with Crippen LogP contribution in [0.1, 0.15) is 22.8 Å². The van der Waals surface area contributed by atoms with Crippen LogP contribution in [0.25, 0.3) is 0 Å². The van der Waals surface area contributed by atoms with E-state index in [0.29, 0.717) is 11.3 Å². The third-order valence-electron chi connectivity index (χ3n) is 3.55. The number of nitrogens with two attached hydrogens (primary N) is 1. The summed E-state index contributed by atoms with van der Waals surface area (Å²) in [6.07, 6.45) is 0. The van der Waals surface area contributed by atoms with Crippen molar-refractivity contribution < 1.29 is 4.79 Å². The maximum atomic E-state index is 12.4. The molecule has 2 rings (SSSR count). The van der Waals surface area contributed by atoms with Crippen molar-refractivity contribution in [2.24, 2.45) is 0 Å². The second-order valence-electron chi connectivity index (χ2n) is 4.82. The van der Waals surface area contributed by atoms with Crippen LogP contribution in [-0.2, 0) is 0 Å². The number of carbonyl (C=O) groups excluding carboxylic acids is 1. The van der Waals surface area contributed by atoms with E-state index in [9.17, 15) is 4.79 Å². The number of carbonyl (C=O) groups is 1. The molecule has 1 amide bonds. The molecule has 4 nitrogen and oxygen atoms in total. The molecule has 1 aliphatic rings. The lowest BCUT2D eigenvalue weighted by Crippen LogP contribution is -2.48. The van der Waals surface area contributed by atoms with Gasteiger partial charge in [-0.15, -0.1) is 0 Å². The molecule has 98 valence electrons. The monoisotopic (exact) mass is 247 g/mol. The largest absolute Gasteiger partial charge is 0.398 e. The molecule has 4 heteroatoms. The fourth-order valence-electron chi connectivity index (χ4n) is 2.29. The molecule has 2 N–H and O–H groups in total. The molecule has 1 aliphatic heterocycles. The summed E-state index contributed by atoms with van der Waals surface area (Å²) >= 11 is 0. The molecular formula is C14H21N3O. The first kappa shape index (κ1) is 12.9. The minimum Gasteiger partial charge on any atom is -0.398 e. The van der Waals surface area contributed by atoms with Gasteiger partial charge in [-0.2, -0.15) is 0 Å². The molecule has 0 radical (unpaired) electrons. The van der Waals surface area contributed by atoms with Gasteiger partial charge in [-0.05, 0) is 25.6 Å². The van der Waals surface area contributed by atoms with Crippen molar-refractivity contribution in [3.8, 4) is 0 Å². The van der Waals surface area contributed by atoms with Crippen LogP contribution in [0.3, 0.4) is 0 Å². The van der Waals surface area contributed by atoms with Crippen LogP contribution in [0.2, 0.25) is 0 Å². The molecule has 0 spiro atoms. The molecule has 1 aromatic carbocycles. The molecule has 1 aromatic rings. The third-order valence-corrected chi connectivity index (χ3v) is 3.55. The number of rotatable bonds is 2.